The van der Waals surface area contributed by atoms with Crippen molar-refractivity contribution in [2.45, 2.75) is 39.7 Å². The zero-order chi connectivity index (χ0) is 18.2. The van der Waals surface area contributed by atoms with Gasteiger partial charge in [0.05, 0.1) is 12.7 Å². The summed E-state index contributed by atoms with van der Waals surface area (Å²) in [5, 5.41) is 9.64. The van der Waals surface area contributed by atoms with Gasteiger partial charge in [0.25, 0.3) is 0 Å². The average Bonchev–Trinajstić information content (AvgIpc) is 2.65. The molecule has 25 heavy (non-hydrogen) atoms. The summed E-state index contributed by atoms with van der Waals surface area (Å²) in [5.74, 6) is 1.21. The van der Waals surface area contributed by atoms with Crippen LogP contribution < -0.4 is 4.74 Å². The van der Waals surface area contributed by atoms with Gasteiger partial charge in [0.2, 0.25) is 5.91 Å². The Hall–Kier alpha value is -2.06. The summed E-state index contributed by atoms with van der Waals surface area (Å²) < 4.78 is 5.46. The Morgan fingerprint density at radius 2 is 1.72 bits per heavy atom. The van der Waals surface area contributed by atoms with Crippen molar-refractivity contribution >= 4 is 5.91 Å². The van der Waals surface area contributed by atoms with Crippen LogP contribution in [-0.4, -0.2) is 48.5 Å². The molecule has 1 saturated heterocycles. The fourth-order valence-electron chi connectivity index (χ4n) is 3.38. The predicted molar refractivity (Wildman–Crippen MR) is 98.2 cm³/mol. The molecule has 0 aliphatic carbocycles. The summed E-state index contributed by atoms with van der Waals surface area (Å²) in [7, 11) is 0. The van der Waals surface area contributed by atoms with Crippen LogP contribution >= 0.6 is 0 Å². The second-order valence-corrected chi connectivity index (χ2v) is 6.41. The highest BCUT2D eigenvalue weighted by molar-refractivity contribution is 5.78. The van der Waals surface area contributed by atoms with Crippen molar-refractivity contribution < 1.29 is 9.53 Å². The van der Waals surface area contributed by atoms with E-state index in [2.05, 4.69) is 24.8 Å². The molecule has 1 aromatic rings. The topological polar surface area (TPSA) is 56.6 Å². The van der Waals surface area contributed by atoms with Crippen LogP contribution in [0, 0.1) is 17.2 Å². The van der Waals surface area contributed by atoms with E-state index in [-0.39, 0.29) is 17.9 Å². The van der Waals surface area contributed by atoms with E-state index in [1.165, 1.54) is 0 Å². The van der Waals surface area contributed by atoms with Crippen LogP contribution in [0.1, 0.15) is 45.2 Å². The molecule has 1 atom stereocenters. The van der Waals surface area contributed by atoms with Crippen molar-refractivity contribution in [3.05, 3.63) is 29.8 Å². The average molecular weight is 343 g/mol. The number of rotatable bonds is 7. The fourth-order valence-corrected chi connectivity index (χ4v) is 3.38. The Bertz CT molecular complexity index is 582. The molecular weight excluding hydrogens is 314 g/mol. The van der Waals surface area contributed by atoms with Crippen LogP contribution in [0.2, 0.25) is 0 Å². The summed E-state index contributed by atoms with van der Waals surface area (Å²) in [5.41, 5.74) is 0.978. The van der Waals surface area contributed by atoms with Gasteiger partial charge in [-0.2, -0.15) is 5.26 Å². The molecule has 0 aromatic heterocycles. The fraction of sp³-hybridized carbons (Fsp3) is 0.600. The Labute approximate surface area is 151 Å². The third-order valence-corrected chi connectivity index (χ3v) is 4.96. The number of carbonyl (C=O) groups excluding carboxylic acids is 1. The van der Waals surface area contributed by atoms with Crippen molar-refractivity contribution in [1.82, 2.24) is 9.80 Å². The third kappa shape index (κ3) is 4.73. The van der Waals surface area contributed by atoms with E-state index in [0.29, 0.717) is 19.7 Å². The zero-order valence-electron chi connectivity index (χ0n) is 15.6. The van der Waals surface area contributed by atoms with Gasteiger partial charge in [-0.05, 0) is 37.5 Å². The van der Waals surface area contributed by atoms with Gasteiger partial charge in [0.15, 0.2) is 0 Å². The van der Waals surface area contributed by atoms with E-state index in [0.717, 1.165) is 37.2 Å². The molecule has 1 amide bonds. The molecule has 0 N–H and O–H groups in total. The van der Waals surface area contributed by atoms with E-state index in [9.17, 15) is 10.1 Å². The molecule has 5 heteroatoms. The smallest absolute Gasteiger partial charge is 0.225 e. The molecule has 0 bridgehead atoms. The molecule has 0 radical (unpaired) electrons. The summed E-state index contributed by atoms with van der Waals surface area (Å²) >= 11 is 0. The van der Waals surface area contributed by atoms with Crippen LogP contribution in [0.25, 0.3) is 0 Å². The van der Waals surface area contributed by atoms with Crippen LogP contribution in [0.5, 0.6) is 5.75 Å². The Balaban J connectivity index is 1.98. The highest BCUT2D eigenvalue weighted by Gasteiger charge is 2.29. The lowest BCUT2D eigenvalue weighted by molar-refractivity contribution is -0.137. The van der Waals surface area contributed by atoms with Crippen LogP contribution in [-0.2, 0) is 4.79 Å². The summed E-state index contributed by atoms with van der Waals surface area (Å²) in [6, 6.07) is 9.88. The molecule has 1 aliphatic rings. The Morgan fingerprint density at radius 1 is 1.12 bits per heavy atom. The molecule has 5 nitrogen and oxygen atoms in total. The van der Waals surface area contributed by atoms with Gasteiger partial charge in [-0.15, -0.1) is 0 Å². The number of nitrogens with zero attached hydrogens (tertiary/aromatic N) is 3. The molecule has 136 valence electrons. The quantitative estimate of drug-likeness (QED) is 0.763. The van der Waals surface area contributed by atoms with Gasteiger partial charge < -0.3 is 9.64 Å². The number of amides is 1. The maximum Gasteiger partial charge on any atom is 0.225 e. The Morgan fingerprint density at radius 3 is 2.20 bits per heavy atom. The van der Waals surface area contributed by atoms with E-state index in [1.54, 1.807) is 0 Å². The zero-order valence-corrected chi connectivity index (χ0v) is 15.6. The number of nitriles is 1. The van der Waals surface area contributed by atoms with E-state index in [1.807, 2.05) is 36.1 Å². The molecular formula is C20H29N3O2. The van der Waals surface area contributed by atoms with E-state index >= 15 is 0 Å². The minimum absolute atomic E-state index is 0.129. The van der Waals surface area contributed by atoms with Crippen LogP contribution in [0.4, 0.5) is 0 Å². The molecule has 0 saturated carbocycles. The van der Waals surface area contributed by atoms with Crippen molar-refractivity contribution in [3.63, 3.8) is 0 Å². The molecule has 1 heterocycles. The molecule has 1 fully saturated rings. The predicted octanol–water partition coefficient (Wildman–Crippen LogP) is 3.23. The van der Waals surface area contributed by atoms with E-state index < -0.39 is 0 Å². The van der Waals surface area contributed by atoms with Crippen molar-refractivity contribution in [2.24, 2.45) is 5.92 Å². The van der Waals surface area contributed by atoms with Crippen molar-refractivity contribution in [3.8, 4) is 11.8 Å². The normalized spacial score (nSPS) is 16.5. The lowest BCUT2D eigenvalue weighted by Crippen LogP contribution is -2.50. The molecule has 1 aliphatic heterocycles. The first-order valence-corrected chi connectivity index (χ1v) is 9.29. The summed E-state index contributed by atoms with van der Waals surface area (Å²) in [4.78, 5) is 16.6. The van der Waals surface area contributed by atoms with Gasteiger partial charge in [-0.25, -0.2) is 0 Å². The molecule has 0 spiro atoms. The lowest BCUT2D eigenvalue weighted by atomic mass is 10.0. The first-order chi connectivity index (χ1) is 12.1. The summed E-state index contributed by atoms with van der Waals surface area (Å²) in [6.45, 7) is 9.59. The largest absolute Gasteiger partial charge is 0.494 e. The maximum absolute atomic E-state index is 12.5. The van der Waals surface area contributed by atoms with Crippen LogP contribution in [0.3, 0.4) is 0 Å². The number of benzene rings is 1. The highest BCUT2D eigenvalue weighted by atomic mass is 16.5. The number of carbonyl (C=O) groups is 1. The van der Waals surface area contributed by atoms with E-state index in [4.69, 9.17) is 4.74 Å². The minimum Gasteiger partial charge on any atom is -0.494 e. The minimum atomic E-state index is -0.277. The highest BCUT2D eigenvalue weighted by Crippen LogP contribution is 2.24. The van der Waals surface area contributed by atoms with Gasteiger partial charge in [0, 0.05) is 32.1 Å². The van der Waals surface area contributed by atoms with Gasteiger partial charge in [-0.3, -0.25) is 9.69 Å². The van der Waals surface area contributed by atoms with Gasteiger partial charge in [0.1, 0.15) is 11.8 Å². The van der Waals surface area contributed by atoms with Crippen LogP contribution in [0.15, 0.2) is 24.3 Å². The molecule has 1 aromatic carbocycles. The lowest BCUT2D eigenvalue weighted by Gasteiger charge is -2.38. The second kappa shape index (κ2) is 9.43. The van der Waals surface area contributed by atoms with Gasteiger partial charge in [-0.1, -0.05) is 26.0 Å². The van der Waals surface area contributed by atoms with Crippen molar-refractivity contribution in [2.75, 3.05) is 32.8 Å². The number of hydrogen-bond donors (Lipinski definition) is 0. The first kappa shape index (κ1) is 19.3. The maximum atomic E-state index is 12.5. The number of ether oxygens (including phenoxy) is 1. The Kier molecular flexibility index (Phi) is 7.27. The first-order valence-electron chi connectivity index (χ1n) is 9.29. The molecule has 1 unspecified atom stereocenters. The number of hydrogen-bond acceptors (Lipinski definition) is 4. The monoisotopic (exact) mass is 343 g/mol. The second-order valence-electron chi connectivity index (χ2n) is 6.41. The standard InChI is InChI=1S/C20H29N3O2/c1-4-16(5-2)20(24)23-13-11-22(12-14-23)19(15-21)17-7-9-18(10-8-17)25-6-3/h7-10,16,19H,4-6,11-14H2,1-3H3. The summed E-state index contributed by atoms with van der Waals surface area (Å²) in [6.07, 6.45) is 1.78. The third-order valence-electron chi connectivity index (χ3n) is 4.96. The van der Waals surface area contributed by atoms with Gasteiger partial charge >= 0.3 is 0 Å². The number of piperazine rings is 1. The molecule has 2 rings (SSSR count). The van der Waals surface area contributed by atoms with Crippen molar-refractivity contribution in [1.29, 1.82) is 5.26 Å². The SMILES string of the molecule is CCOc1ccc(C(C#N)N2CCN(C(=O)C(CC)CC)CC2)cc1.